The van der Waals surface area contributed by atoms with Gasteiger partial charge in [-0.3, -0.25) is 9.59 Å². The molecule has 0 spiro atoms. The van der Waals surface area contributed by atoms with Gasteiger partial charge in [0.1, 0.15) is 0 Å². The number of hydrogen-bond donors (Lipinski definition) is 2. The number of carbonyl (C=O) groups excluding carboxylic acids is 2. The molecule has 5 heteroatoms. The predicted molar refractivity (Wildman–Crippen MR) is 68.8 cm³/mol. The van der Waals surface area contributed by atoms with E-state index in [0.717, 1.165) is 6.42 Å². The first-order valence-corrected chi connectivity index (χ1v) is 6.45. The third-order valence-electron chi connectivity index (χ3n) is 3.75. The molecule has 1 saturated carbocycles. The topological polar surface area (TPSA) is 69.6 Å². The van der Waals surface area contributed by atoms with Gasteiger partial charge in [0.25, 0.3) is 0 Å². The van der Waals surface area contributed by atoms with Crippen LogP contribution in [0.5, 0.6) is 0 Å². The van der Waals surface area contributed by atoms with Gasteiger partial charge in [-0.05, 0) is 26.2 Å². The first kappa shape index (κ1) is 15.0. The molecule has 1 fully saturated rings. The Hall–Kier alpha value is -1.10. The quantitative estimate of drug-likeness (QED) is 0.722. The number of carbonyl (C=O) groups is 2. The molecule has 2 unspecified atom stereocenters. The molecule has 0 aromatic heterocycles. The molecule has 0 bridgehead atoms. The molecule has 2 atom stereocenters. The monoisotopic (exact) mass is 256 g/mol. The maximum Gasteiger partial charge on any atom is 0.224 e. The molecule has 0 heterocycles. The number of aliphatic hydroxyl groups excluding tert-OH is 1. The third kappa shape index (κ3) is 3.70. The number of aliphatic hydroxyl groups is 1. The van der Waals surface area contributed by atoms with Gasteiger partial charge < -0.3 is 15.3 Å². The fourth-order valence-electron chi connectivity index (χ4n) is 1.72. The van der Waals surface area contributed by atoms with Gasteiger partial charge in [0.2, 0.25) is 11.8 Å². The smallest absolute Gasteiger partial charge is 0.224 e. The lowest BCUT2D eigenvalue weighted by Gasteiger charge is -2.34. The zero-order chi connectivity index (χ0) is 13.9. The van der Waals surface area contributed by atoms with Gasteiger partial charge in [0.05, 0.1) is 12.1 Å². The maximum absolute atomic E-state index is 11.8. The first-order chi connectivity index (χ1) is 8.29. The number of amides is 2. The van der Waals surface area contributed by atoms with E-state index in [4.69, 9.17) is 0 Å². The van der Waals surface area contributed by atoms with Crippen molar-refractivity contribution in [1.82, 2.24) is 10.2 Å². The summed E-state index contributed by atoms with van der Waals surface area (Å²) in [6, 6.07) is 0. The summed E-state index contributed by atoms with van der Waals surface area (Å²) < 4.78 is 0. The molecule has 18 heavy (non-hydrogen) atoms. The summed E-state index contributed by atoms with van der Waals surface area (Å²) in [5.41, 5.74) is -0.563. The van der Waals surface area contributed by atoms with Gasteiger partial charge in [0.15, 0.2) is 0 Å². The lowest BCUT2D eigenvalue weighted by atomic mass is 10.0. The van der Waals surface area contributed by atoms with Crippen LogP contribution in [0.25, 0.3) is 0 Å². The molecular formula is C13H24N2O3. The second-order valence-corrected chi connectivity index (χ2v) is 5.78. The van der Waals surface area contributed by atoms with Crippen molar-refractivity contribution in [3.8, 4) is 0 Å². The Balaban J connectivity index is 2.26. The Morgan fingerprint density at radius 3 is 2.44 bits per heavy atom. The van der Waals surface area contributed by atoms with Crippen molar-refractivity contribution in [1.29, 1.82) is 0 Å². The fraction of sp³-hybridized carbons (Fsp3) is 0.846. The molecule has 1 aliphatic rings. The van der Waals surface area contributed by atoms with Crippen LogP contribution < -0.4 is 5.32 Å². The van der Waals surface area contributed by atoms with Gasteiger partial charge in [-0.1, -0.05) is 6.92 Å². The summed E-state index contributed by atoms with van der Waals surface area (Å²) in [4.78, 5) is 24.9. The average Bonchev–Trinajstić information content (AvgIpc) is 3.05. The van der Waals surface area contributed by atoms with Gasteiger partial charge >= 0.3 is 0 Å². The van der Waals surface area contributed by atoms with Crippen molar-refractivity contribution < 1.29 is 14.7 Å². The molecule has 1 rings (SSSR count). The Bertz CT molecular complexity index is 328. The molecule has 2 amide bonds. The van der Waals surface area contributed by atoms with Crippen LogP contribution in [-0.2, 0) is 9.59 Å². The molecule has 0 radical (unpaired) electrons. The van der Waals surface area contributed by atoms with Gasteiger partial charge in [-0.25, -0.2) is 0 Å². The van der Waals surface area contributed by atoms with Crippen molar-refractivity contribution in [2.24, 2.45) is 11.8 Å². The Kier molecular flexibility index (Phi) is 4.73. The van der Waals surface area contributed by atoms with Crippen molar-refractivity contribution in [2.75, 3.05) is 20.2 Å². The van der Waals surface area contributed by atoms with Crippen LogP contribution in [0.1, 0.15) is 33.6 Å². The Morgan fingerprint density at radius 1 is 1.44 bits per heavy atom. The molecule has 0 aliphatic heterocycles. The predicted octanol–water partition coefficient (Wildman–Crippen LogP) is 0.378. The normalized spacial score (nSPS) is 22.5. The summed E-state index contributed by atoms with van der Waals surface area (Å²) >= 11 is 0. The highest BCUT2D eigenvalue weighted by Crippen LogP contribution is 2.37. The van der Waals surface area contributed by atoms with E-state index < -0.39 is 5.54 Å². The molecule has 2 N–H and O–H groups in total. The molecule has 0 aromatic rings. The first-order valence-electron chi connectivity index (χ1n) is 6.45. The van der Waals surface area contributed by atoms with Crippen molar-refractivity contribution in [2.45, 2.75) is 39.2 Å². The fourth-order valence-corrected chi connectivity index (χ4v) is 1.72. The van der Waals surface area contributed by atoms with Crippen molar-refractivity contribution in [3.63, 3.8) is 0 Å². The lowest BCUT2D eigenvalue weighted by molar-refractivity contribution is -0.136. The van der Waals surface area contributed by atoms with Crippen molar-refractivity contribution in [3.05, 3.63) is 0 Å². The van der Waals surface area contributed by atoms with E-state index in [1.165, 1.54) is 4.90 Å². The van der Waals surface area contributed by atoms with Gasteiger partial charge in [-0.15, -0.1) is 0 Å². The van der Waals surface area contributed by atoms with E-state index in [9.17, 15) is 14.7 Å². The molecular weight excluding hydrogens is 232 g/mol. The van der Waals surface area contributed by atoms with E-state index >= 15 is 0 Å². The van der Waals surface area contributed by atoms with Crippen LogP contribution in [0.3, 0.4) is 0 Å². The van der Waals surface area contributed by atoms with E-state index in [1.807, 2.05) is 6.92 Å². The van der Waals surface area contributed by atoms with Crippen LogP contribution in [0.15, 0.2) is 0 Å². The van der Waals surface area contributed by atoms with Crippen LogP contribution >= 0.6 is 0 Å². The van der Waals surface area contributed by atoms with Crippen LogP contribution in [0.2, 0.25) is 0 Å². The van der Waals surface area contributed by atoms with E-state index in [-0.39, 0.29) is 30.8 Å². The number of nitrogens with zero attached hydrogens (tertiary/aromatic N) is 1. The molecule has 0 saturated heterocycles. The van der Waals surface area contributed by atoms with E-state index in [0.29, 0.717) is 12.5 Å². The number of likely N-dealkylation sites (N-methyl/N-ethyl adjacent to an activating group) is 1. The third-order valence-corrected chi connectivity index (χ3v) is 3.75. The molecule has 104 valence electrons. The highest BCUT2D eigenvalue weighted by atomic mass is 16.3. The minimum absolute atomic E-state index is 0.0550. The van der Waals surface area contributed by atoms with Gasteiger partial charge in [0, 0.05) is 25.9 Å². The van der Waals surface area contributed by atoms with Crippen LogP contribution in [0.4, 0.5) is 0 Å². The summed E-state index contributed by atoms with van der Waals surface area (Å²) in [6.45, 7) is 5.94. The largest absolute Gasteiger partial charge is 0.394 e. The summed E-state index contributed by atoms with van der Waals surface area (Å²) in [5, 5.41) is 12.0. The number of hydrogen-bond acceptors (Lipinski definition) is 3. The van der Waals surface area contributed by atoms with Crippen LogP contribution in [-0.4, -0.2) is 47.6 Å². The number of nitrogens with one attached hydrogen (secondary N) is 1. The molecule has 5 nitrogen and oxygen atoms in total. The Labute approximate surface area is 109 Å². The molecule has 0 aromatic carbocycles. The van der Waals surface area contributed by atoms with Crippen molar-refractivity contribution >= 4 is 11.8 Å². The summed E-state index contributed by atoms with van der Waals surface area (Å²) in [6.07, 6.45) is 1.23. The zero-order valence-corrected chi connectivity index (χ0v) is 11.7. The summed E-state index contributed by atoms with van der Waals surface area (Å²) in [7, 11) is 1.67. The highest BCUT2D eigenvalue weighted by molar-refractivity contribution is 5.82. The minimum Gasteiger partial charge on any atom is -0.394 e. The Morgan fingerprint density at radius 2 is 2.00 bits per heavy atom. The SMILES string of the molecule is CC1CC1C(=O)NCCC(=O)N(C)C(C)(C)CO. The van der Waals surface area contributed by atoms with E-state index in [1.54, 1.807) is 20.9 Å². The van der Waals surface area contributed by atoms with Gasteiger partial charge in [-0.2, -0.15) is 0 Å². The molecule has 1 aliphatic carbocycles. The minimum atomic E-state index is -0.563. The van der Waals surface area contributed by atoms with E-state index in [2.05, 4.69) is 5.32 Å². The highest BCUT2D eigenvalue weighted by Gasteiger charge is 2.38. The maximum atomic E-state index is 11.8. The summed E-state index contributed by atoms with van der Waals surface area (Å²) in [5.74, 6) is 0.612. The number of rotatable bonds is 6. The lowest BCUT2D eigenvalue weighted by Crippen LogP contribution is -2.48. The van der Waals surface area contributed by atoms with Crippen LogP contribution in [0, 0.1) is 11.8 Å². The second kappa shape index (κ2) is 5.69. The zero-order valence-electron chi connectivity index (χ0n) is 11.7. The average molecular weight is 256 g/mol. The second-order valence-electron chi connectivity index (χ2n) is 5.78. The standard InChI is InChI=1S/C13H24N2O3/c1-9-7-10(9)12(18)14-6-5-11(17)15(4)13(2,3)8-16/h9-10,16H,5-8H2,1-4H3,(H,14,18).